The van der Waals surface area contributed by atoms with E-state index in [1.54, 1.807) is 19.1 Å². The fraction of sp³-hybridized carbons (Fsp3) is 0.400. The highest BCUT2D eigenvalue weighted by atomic mass is 35.5. The molecule has 17 heavy (non-hydrogen) atoms. The lowest BCUT2D eigenvalue weighted by Crippen LogP contribution is -2.39. The second-order valence-electron chi connectivity index (χ2n) is 3.48. The fourth-order valence-electron chi connectivity index (χ4n) is 1.43. The van der Waals surface area contributed by atoms with Crippen molar-refractivity contribution in [2.24, 2.45) is 5.73 Å². The lowest BCUT2D eigenvalue weighted by molar-refractivity contribution is -0.210. The zero-order valence-corrected chi connectivity index (χ0v) is 10.4. The van der Waals surface area contributed by atoms with E-state index in [9.17, 15) is 13.2 Å². The Hall–Kier alpha value is -0.490. The number of aryl methyl sites for hydroxylation is 1. The van der Waals surface area contributed by atoms with Crippen LogP contribution in [0.1, 0.15) is 17.2 Å². The standard InChI is InChI=1S/C10H11ClF3NO.ClH/c1-5-3-2-4-6(11)7(5)8(15)9(16)10(12,13)14;/h2-4,8-9,16H,15H2,1H3;1H/t8-,9-;/m0./s1. The Balaban J connectivity index is 0.00000256. The quantitative estimate of drug-likeness (QED) is 0.879. The number of benzene rings is 1. The second kappa shape index (κ2) is 5.91. The molecule has 3 N–H and O–H groups in total. The monoisotopic (exact) mass is 289 g/mol. The minimum atomic E-state index is -4.76. The van der Waals surface area contributed by atoms with Crippen molar-refractivity contribution in [1.82, 2.24) is 0 Å². The summed E-state index contributed by atoms with van der Waals surface area (Å²) in [4.78, 5) is 0. The molecule has 2 nitrogen and oxygen atoms in total. The van der Waals surface area contributed by atoms with Gasteiger partial charge in [-0.05, 0) is 24.1 Å². The van der Waals surface area contributed by atoms with E-state index in [2.05, 4.69) is 0 Å². The van der Waals surface area contributed by atoms with Gasteiger partial charge in [0.05, 0.1) is 6.04 Å². The van der Waals surface area contributed by atoms with Crippen LogP contribution in [0.5, 0.6) is 0 Å². The normalized spacial score (nSPS) is 15.0. The number of aliphatic hydroxyl groups is 1. The summed E-state index contributed by atoms with van der Waals surface area (Å²) < 4.78 is 36.8. The lowest BCUT2D eigenvalue weighted by Gasteiger charge is -2.23. The van der Waals surface area contributed by atoms with Crippen molar-refractivity contribution < 1.29 is 18.3 Å². The van der Waals surface area contributed by atoms with Gasteiger partial charge in [0.1, 0.15) is 0 Å². The minimum absolute atomic E-state index is 0. The van der Waals surface area contributed by atoms with Crippen molar-refractivity contribution in [3.63, 3.8) is 0 Å². The number of hydrogen-bond donors (Lipinski definition) is 2. The number of nitrogens with two attached hydrogens (primary N) is 1. The van der Waals surface area contributed by atoms with E-state index in [4.69, 9.17) is 22.4 Å². The van der Waals surface area contributed by atoms with Crippen LogP contribution in [-0.4, -0.2) is 17.4 Å². The smallest absolute Gasteiger partial charge is 0.382 e. The van der Waals surface area contributed by atoms with Gasteiger partial charge in [-0.1, -0.05) is 23.7 Å². The van der Waals surface area contributed by atoms with Crippen LogP contribution in [0.2, 0.25) is 5.02 Å². The lowest BCUT2D eigenvalue weighted by atomic mass is 9.97. The third kappa shape index (κ3) is 3.74. The van der Waals surface area contributed by atoms with Gasteiger partial charge in [-0.2, -0.15) is 13.2 Å². The van der Waals surface area contributed by atoms with Crippen molar-refractivity contribution >= 4 is 24.0 Å². The van der Waals surface area contributed by atoms with Crippen molar-refractivity contribution in [1.29, 1.82) is 0 Å². The van der Waals surface area contributed by atoms with E-state index in [1.165, 1.54) is 6.07 Å². The highest BCUT2D eigenvalue weighted by Crippen LogP contribution is 2.33. The third-order valence-electron chi connectivity index (χ3n) is 2.28. The molecule has 0 aliphatic heterocycles. The summed E-state index contributed by atoms with van der Waals surface area (Å²) in [7, 11) is 0. The molecule has 0 unspecified atom stereocenters. The van der Waals surface area contributed by atoms with E-state index in [0.717, 1.165) is 0 Å². The van der Waals surface area contributed by atoms with Gasteiger partial charge in [-0.3, -0.25) is 0 Å². The maximum absolute atomic E-state index is 12.3. The van der Waals surface area contributed by atoms with Gasteiger partial charge in [0.15, 0.2) is 6.10 Å². The van der Waals surface area contributed by atoms with E-state index >= 15 is 0 Å². The molecule has 0 aliphatic rings. The number of aliphatic hydroxyl groups excluding tert-OH is 1. The zero-order chi connectivity index (χ0) is 12.5. The first kappa shape index (κ1) is 16.5. The third-order valence-corrected chi connectivity index (χ3v) is 2.61. The van der Waals surface area contributed by atoms with Gasteiger partial charge in [0.2, 0.25) is 0 Å². The van der Waals surface area contributed by atoms with Crippen LogP contribution in [0.3, 0.4) is 0 Å². The molecule has 1 aromatic rings. The molecular formula is C10H12Cl2F3NO. The molecule has 0 heterocycles. The van der Waals surface area contributed by atoms with Crippen molar-refractivity contribution in [3.05, 3.63) is 34.3 Å². The molecule has 1 aromatic carbocycles. The molecule has 2 atom stereocenters. The van der Waals surface area contributed by atoms with Crippen molar-refractivity contribution in [2.45, 2.75) is 25.2 Å². The van der Waals surface area contributed by atoms with Crippen LogP contribution >= 0.6 is 24.0 Å². The molecular weight excluding hydrogens is 278 g/mol. The molecule has 0 aliphatic carbocycles. The summed E-state index contributed by atoms with van der Waals surface area (Å²) in [6, 6.07) is 3.05. The first-order valence-electron chi connectivity index (χ1n) is 4.50. The highest BCUT2D eigenvalue weighted by Gasteiger charge is 2.43. The number of alkyl halides is 3. The Morgan fingerprint density at radius 3 is 2.29 bits per heavy atom. The van der Waals surface area contributed by atoms with Crippen LogP contribution < -0.4 is 5.73 Å². The van der Waals surface area contributed by atoms with Crippen molar-refractivity contribution in [2.75, 3.05) is 0 Å². The van der Waals surface area contributed by atoms with Gasteiger partial charge in [0.25, 0.3) is 0 Å². The molecule has 0 aromatic heterocycles. The van der Waals surface area contributed by atoms with E-state index in [0.29, 0.717) is 5.56 Å². The van der Waals surface area contributed by atoms with E-state index < -0.39 is 18.3 Å². The first-order valence-corrected chi connectivity index (χ1v) is 4.88. The molecule has 0 saturated heterocycles. The second-order valence-corrected chi connectivity index (χ2v) is 3.89. The summed E-state index contributed by atoms with van der Waals surface area (Å²) >= 11 is 5.76. The number of rotatable bonds is 2. The number of halogens is 5. The number of hydrogen-bond acceptors (Lipinski definition) is 2. The largest absolute Gasteiger partial charge is 0.416 e. The molecule has 98 valence electrons. The van der Waals surface area contributed by atoms with Crippen LogP contribution in [0.25, 0.3) is 0 Å². The zero-order valence-electron chi connectivity index (χ0n) is 8.83. The fourth-order valence-corrected chi connectivity index (χ4v) is 1.78. The van der Waals surface area contributed by atoms with Crippen LogP contribution in [0.15, 0.2) is 18.2 Å². The van der Waals surface area contributed by atoms with Crippen molar-refractivity contribution in [3.8, 4) is 0 Å². The van der Waals surface area contributed by atoms with Gasteiger partial charge >= 0.3 is 6.18 Å². The molecule has 0 spiro atoms. The first-order chi connectivity index (χ1) is 7.25. The van der Waals surface area contributed by atoms with E-state index in [1.807, 2.05) is 0 Å². The molecule has 0 amide bonds. The molecule has 0 fully saturated rings. The Bertz CT molecular complexity index is 364. The van der Waals surface area contributed by atoms with Gasteiger partial charge in [0, 0.05) is 5.02 Å². The Morgan fingerprint density at radius 2 is 1.88 bits per heavy atom. The minimum Gasteiger partial charge on any atom is -0.382 e. The Kier molecular flexibility index (Phi) is 5.74. The summed E-state index contributed by atoms with van der Waals surface area (Å²) in [5, 5.41) is 9.17. The molecule has 0 saturated carbocycles. The Labute approximate surface area is 108 Å². The summed E-state index contributed by atoms with van der Waals surface area (Å²) in [5.74, 6) is 0. The van der Waals surface area contributed by atoms with Gasteiger partial charge < -0.3 is 10.8 Å². The summed E-state index contributed by atoms with van der Waals surface area (Å²) in [5.41, 5.74) is 6.01. The summed E-state index contributed by atoms with van der Waals surface area (Å²) in [6.45, 7) is 1.59. The molecule has 7 heteroatoms. The average molecular weight is 290 g/mol. The molecule has 0 radical (unpaired) electrons. The maximum Gasteiger partial charge on any atom is 0.416 e. The van der Waals surface area contributed by atoms with Crippen LogP contribution in [0, 0.1) is 6.92 Å². The average Bonchev–Trinajstić information content (AvgIpc) is 2.14. The molecule has 0 bridgehead atoms. The topological polar surface area (TPSA) is 46.2 Å². The highest BCUT2D eigenvalue weighted by molar-refractivity contribution is 6.31. The van der Waals surface area contributed by atoms with E-state index in [-0.39, 0.29) is 23.0 Å². The van der Waals surface area contributed by atoms with Crippen LogP contribution in [0.4, 0.5) is 13.2 Å². The SMILES string of the molecule is Cc1cccc(Cl)c1[C@H](N)[C@H](O)C(F)(F)F.Cl. The molecule has 1 rings (SSSR count). The maximum atomic E-state index is 12.3. The van der Waals surface area contributed by atoms with Crippen LogP contribution in [-0.2, 0) is 0 Å². The van der Waals surface area contributed by atoms with Gasteiger partial charge in [-0.15, -0.1) is 12.4 Å². The predicted octanol–water partition coefficient (Wildman–Crippen LogP) is 2.99. The Morgan fingerprint density at radius 1 is 1.35 bits per heavy atom. The summed E-state index contributed by atoms with van der Waals surface area (Å²) in [6.07, 6.45) is -7.38. The van der Waals surface area contributed by atoms with Gasteiger partial charge in [-0.25, -0.2) is 0 Å². The predicted molar refractivity (Wildman–Crippen MR) is 62.4 cm³/mol.